The lowest BCUT2D eigenvalue weighted by Crippen LogP contribution is -2.26. The molecule has 0 spiro atoms. The number of ether oxygens (including phenoxy) is 1. The second-order valence-electron chi connectivity index (χ2n) is 4.53. The second-order valence-corrected chi connectivity index (χ2v) is 4.53. The van der Waals surface area contributed by atoms with E-state index in [1.54, 1.807) is 0 Å². The Morgan fingerprint density at radius 2 is 1.77 bits per heavy atom. The molecule has 1 aliphatic carbocycles. The van der Waals surface area contributed by atoms with Crippen molar-refractivity contribution in [3.8, 4) is 0 Å². The summed E-state index contributed by atoms with van der Waals surface area (Å²) in [4.78, 5) is 0. The van der Waals surface area contributed by atoms with E-state index >= 15 is 0 Å². The number of methoxy groups -OCH3 is 1. The van der Waals surface area contributed by atoms with Crippen LogP contribution < -0.4 is 5.32 Å². The third kappa shape index (κ3) is 2.23. The Morgan fingerprint density at radius 1 is 1.00 bits per heavy atom. The third-order valence-corrected chi connectivity index (χ3v) is 3.82. The van der Waals surface area contributed by atoms with Crippen LogP contribution in [0.5, 0.6) is 0 Å². The molecule has 0 radical (unpaired) electrons. The highest BCUT2D eigenvalue weighted by molar-refractivity contribution is 4.82. The standard InChI is InChI=1S/C11H21NO/c1-13-11-4-2-9(3-5-11)10-6-7-12-8-10/h9-12H,2-8H2,1H3. The van der Waals surface area contributed by atoms with Crippen LogP contribution in [0.3, 0.4) is 0 Å². The molecule has 0 aromatic rings. The summed E-state index contributed by atoms with van der Waals surface area (Å²) in [6.07, 6.45) is 7.33. The van der Waals surface area contributed by atoms with Gasteiger partial charge in [-0.05, 0) is 57.0 Å². The fourth-order valence-corrected chi connectivity index (χ4v) is 2.88. The molecule has 1 unspecified atom stereocenters. The van der Waals surface area contributed by atoms with Gasteiger partial charge in [-0.2, -0.15) is 0 Å². The molecule has 1 N–H and O–H groups in total. The Balaban J connectivity index is 1.77. The van der Waals surface area contributed by atoms with Crippen LogP contribution in [0.25, 0.3) is 0 Å². The molecule has 2 rings (SSSR count). The van der Waals surface area contributed by atoms with Gasteiger partial charge in [0.25, 0.3) is 0 Å². The van der Waals surface area contributed by atoms with Crippen molar-refractivity contribution in [3.05, 3.63) is 0 Å². The predicted molar refractivity (Wildman–Crippen MR) is 53.7 cm³/mol. The van der Waals surface area contributed by atoms with Crippen molar-refractivity contribution in [2.24, 2.45) is 11.8 Å². The average molecular weight is 183 g/mol. The Hall–Kier alpha value is -0.0800. The highest BCUT2D eigenvalue weighted by Crippen LogP contribution is 2.33. The summed E-state index contributed by atoms with van der Waals surface area (Å²) in [7, 11) is 1.85. The second kappa shape index (κ2) is 4.43. The van der Waals surface area contributed by atoms with Crippen LogP contribution in [-0.4, -0.2) is 26.3 Å². The molecular weight excluding hydrogens is 162 g/mol. The highest BCUT2D eigenvalue weighted by atomic mass is 16.5. The SMILES string of the molecule is COC1CCC(C2CCNC2)CC1. The van der Waals surface area contributed by atoms with Gasteiger partial charge in [-0.15, -0.1) is 0 Å². The number of hydrogen-bond donors (Lipinski definition) is 1. The Kier molecular flexibility index (Phi) is 3.23. The molecule has 1 aliphatic heterocycles. The summed E-state index contributed by atoms with van der Waals surface area (Å²) in [5, 5.41) is 3.46. The first kappa shape index (κ1) is 9.47. The summed E-state index contributed by atoms with van der Waals surface area (Å²) in [5.41, 5.74) is 0. The van der Waals surface area contributed by atoms with Crippen LogP contribution in [0.4, 0.5) is 0 Å². The lowest BCUT2D eigenvalue weighted by molar-refractivity contribution is 0.0480. The fraction of sp³-hybridized carbons (Fsp3) is 1.00. The fourth-order valence-electron chi connectivity index (χ4n) is 2.88. The molecular formula is C11H21NO. The van der Waals surface area contributed by atoms with E-state index in [0.29, 0.717) is 6.10 Å². The van der Waals surface area contributed by atoms with Crippen LogP contribution in [0.2, 0.25) is 0 Å². The zero-order valence-electron chi connectivity index (χ0n) is 8.59. The van der Waals surface area contributed by atoms with Crippen molar-refractivity contribution in [3.63, 3.8) is 0 Å². The molecule has 1 saturated carbocycles. The summed E-state index contributed by atoms with van der Waals surface area (Å²) < 4.78 is 5.39. The van der Waals surface area contributed by atoms with Crippen LogP contribution in [0, 0.1) is 11.8 Å². The molecule has 0 aromatic carbocycles. The molecule has 0 bridgehead atoms. The maximum absolute atomic E-state index is 5.39. The topological polar surface area (TPSA) is 21.3 Å². The third-order valence-electron chi connectivity index (χ3n) is 3.82. The largest absolute Gasteiger partial charge is 0.381 e. The minimum atomic E-state index is 0.561. The Bertz CT molecular complexity index is 146. The van der Waals surface area contributed by atoms with Crippen LogP contribution in [0.15, 0.2) is 0 Å². The molecule has 2 aliphatic rings. The maximum Gasteiger partial charge on any atom is 0.0571 e. The summed E-state index contributed by atoms with van der Waals surface area (Å²) >= 11 is 0. The zero-order valence-corrected chi connectivity index (χ0v) is 8.59. The van der Waals surface area contributed by atoms with Gasteiger partial charge in [-0.1, -0.05) is 0 Å². The van der Waals surface area contributed by atoms with Crippen molar-refractivity contribution >= 4 is 0 Å². The van der Waals surface area contributed by atoms with E-state index in [0.717, 1.165) is 11.8 Å². The smallest absolute Gasteiger partial charge is 0.0571 e. The van der Waals surface area contributed by atoms with Gasteiger partial charge in [0.05, 0.1) is 6.10 Å². The van der Waals surface area contributed by atoms with E-state index in [2.05, 4.69) is 5.32 Å². The molecule has 2 heteroatoms. The van der Waals surface area contributed by atoms with Crippen LogP contribution >= 0.6 is 0 Å². The zero-order chi connectivity index (χ0) is 9.10. The molecule has 0 aromatic heterocycles. The summed E-state index contributed by atoms with van der Waals surface area (Å²) in [5.74, 6) is 1.96. The van der Waals surface area contributed by atoms with Gasteiger partial charge < -0.3 is 10.1 Å². The van der Waals surface area contributed by atoms with Gasteiger partial charge in [0.1, 0.15) is 0 Å². The van der Waals surface area contributed by atoms with Gasteiger partial charge in [0, 0.05) is 7.11 Å². The van der Waals surface area contributed by atoms with E-state index in [1.807, 2.05) is 7.11 Å². The molecule has 1 saturated heterocycles. The van der Waals surface area contributed by atoms with Crippen molar-refractivity contribution in [2.45, 2.75) is 38.2 Å². The number of nitrogens with one attached hydrogen (secondary N) is 1. The lowest BCUT2D eigenvalue weighted by Gasteiger charge is -2.31. The van der Waals surface area contributed by atoms with Gasteiger partial charge in [-0.25, -0.2) is 0 Å². The lowest BCUT2D eigenvalue weighted by atomic mass is 9.78. The van der Waals surface area contributed by atoms with E-state index in [4.69, 9.17) is 4.74 Å². The molecule has 2 fully saturated rings. The van der Waals surface area contributed by atoms with E-state index < -0.39 is 0 Å². The van der Waals surface area contributed by atoms with Crippen LogP contribution in [-0.2, 0) is 4.74 Å². The molecule has 2 nitrogen and oxygen atoms in total. The summed E-state index contributed by atoms with van der Waals surface area (Å²) in [6.45, 7) is 2.51. The monoisotopic (exact) mass is 183 g/mol. The molecule has 76 valence electrons. The van der Waals surface area contributed by atoms with Crippen LogP contribution in [0.1, 0.15) is 32.1 Å². The van der Waals surface area contributed by atoms with Crippen molar-refractivity contribution in [1.29, 1.82) is 0 Å². The normalized spacial score (nSPS) is 40.8. The molecule has 1 atom stereocenters. The van der Waals surface area contributed by atoms with E-state index in [9.17, 15) is 0 Å². The van der Waals surface area contributed by atoms with Crippen molar-refractivity contribution < 1.29 is 4.74 Å². The van der Waals surface area contributed by atoms with E-state index in [1.165, 1.54) is 45.2 Å². The maximum atomic E-state index is 5.39. The van der Waals surface area contributed by atoms with Gasteiger partial charge >= 0.3 is 0 Å². The minimum Gasteiger partial charge on any atom is -0.381 e. The first-order valence-electron chi connectivity index (χ1n) is 5.63. The molecule has 0 amide bonds. The first-order chi connectivity index (χ1) is 6.40. The molecule has 1 heterocycles. The number of hydrogen-bond acceptors (Lipinski definition) is 2. The highest BCUT2D eigenvalue weighted by Gasteiger charge is 2.28. The quantitative estimate of drug-likeness (QED) is 0.705. The van der Waals surface area contributed by atoms with Crippen molar-refractivity contribution in [2.75, 3.05) is 20.2 Å². The average Bonchev–Trinajstić information content (AvgIpc) is 2.71. The Labute approximate surface area is 81.0 Å². The minimum absolute atomic E-state index is 0.561. The molecule has 13 heavy (non-hydrogen) atoms. The van der Waals surface area contributed by atoms with Crippen molar-refractivity contribution in [1.82, 2.24) is 5.32 Å². The number of rotatable bonds is 2. The van der Waals surface area contributed by atoms with Gasteiger partial charge in [-0.3, -0.25) is 0 Å². The predicted octanol–water partition coefficient (Wildman–Crippen LogP) is 1.80. The van der Waals surface area contributed by atoms with E-state index in [-0.39, 0.29) is 0 Å². The van der Waals surface area contributed by atoms with Gasteiger partial charge in [0.15, 0.2) is 0 Å². The summed E-state index contributed by atoms with van der Waals surface area (Å²) in [6, 6.07) is 0. The Morgan fingerprint density at radius 3 is 2.31 bits per heavy atom. The van der Waals surface area contributed by atoms with Gasteiger partial charge in [0.2, 0.25) is 0 Å². The first-order valence-corrected chi connectivity index (χ1v) is 5.63.